The molecule has 3 rings (SSSR count). The summed E-state index contributed by atoms with van der Waals surface area (Å²) in [6.45, 7) is 1.12. The molecular formula is C15H16ClNO. The van der Waals surface area contributed by atoms with Gasteiger partial charge in [-0.15, -0.1) is 12.4 Å². The minimum absolute atomic E-state index is 0. The van der Waals surface area contributed by atoms with Crippen LogP contribution in [0.25, 0.3) is 0 Å². The van der Waals surface area contributed by atoms with Crippen molar-refractivity contribution in [3.8, 4) is 11.5 Å². The molecule has 0 radical (unpaired) electrons. The van der Waals surface area contributed by atoms with E-state index < -0.39 is 0 Å². The van der Waals surface area contributed by atoms with Crippen molar-refractivity contribution >= 4 is 12.4 Å². The summed E-state index contributed by atoms with van der Waals surface area (Å²) in [6.07, 6.45) is 1.22. The van der Waals surface area contributed by atoms with Gasteiger partial charge in [0.25, 0.3) is 0 Å². The molecule has 2 aromatic carbocycles. The van der Waals surface area contributed by atoms with E-state index in [1.807, 2.05) is 42.5 Å². The van der Waals surface area contributed by atoms with Gasteiger partial charge in [-0.05, 0) is 42.8 Å². The van der Waals surface area contributed by atoms with E-state index in [1.54, 1.807) is 0 Å². The van der Waals surface area contributed by atoms with E-state index in [0.717, 1.165) is 18.0 Å². The number of benzene rings is 2. The summed E-state index contributed by atoms with van der Waals surface area (Å²) in [7, 11) is 0. The van der Waals surface area contributed by atoms with Crippen LogP contribution in [0.5, 0.6) is 11.5 Å². The number of halogens is 1. The van der Waals surface area contributed by atoms with Crippen molar-refractivity contribution in [3.05, 3.63) is 60.2 Å². The maximum atomic E-state index is 5.81. The second kappa shape index (κ2) is 5.89. The van der Waals surface area contributed by atoms with Gasteiger partial charge in [-0.3, -0.25) is 0 Å². The maximum Gasteiger partial charge on any atom is 0.127 e. The second-order valence-corrected chi connectivity index (χ2v) is 4.28. The minimum Gasteiger partial charge on any atom is -0.457 e. The van der Waals surface area contributed by atoms with Gasteiger partial charge >= 0.3 is 0 Å². The first-order valence-electron chi connectivity index (χ1n) is 5.98. The fourth-order valence-electron chi connectivity index (χ4n) is 1.99. The van der Waals surface area contributed by atoms with Crippen molar-refractivity contribution in [2.75, 3.05) is 6.54 Å². The van der Waals surface area contributed by atoms with Crippen molar-refractivity contribution in [1.29, 1.82) is 0 Å². The van der Waals surface area contributed by atoms with E-state index in [9.17, 15) is 0 Å². The van der Waals surface area contributed by atoms with Crippen LogP contribution < -0.4 is 10.1 Å². The van der Waals surface area contributed by atoms with Gasteiger partial charge in [0.1, 0.15) is 11.5 Å². The van der Waals surface area contributed by atoms with Gasteiger partial charge in [-0.2, -0.15) is 0 Å². The fourth-order valence-corrected chi connectivity index (χ4v) is 1.99. The van der Waals surface area contributed by atoms with Gasteiger partial charge in [0.15, 0.2) is 0 Å². The molecule has 1 aliphatic rings. The third kappa shape index (κ3) is 2.84. The Kier molecular flexibility index (Phi) is 4.24. The summed E-state index contributed by atoms with van der Waals surface area (Å²) in [5, 5.41) is 3.40. The smallest absolute Gasteiger partial charge is 0.127 e. The van der Waals surface area contributed by atoms with Crippen LogP contribution in [-0.2, 0) is 0 Å². The van der Waals surface area contributed by atoms with Crippen molar-refractivity contribution in [2.45, 2.75) is 12.5 Å². The molecule has 3 heteroatoms. The quantitative estimate of drug-likeness (QED) is 0.904. The standard InChI is InChI=1S/C15H15NO.ClH/c1-2-6-13(7-3-1)17-14-8-4-5-12(11-14)15-9-10-16-15;/h1-8,11,15-16H,9-10H2;1H/t15-;/m1./s1. The molecule has 94 valence electrons. The second-order valence-electron chi connectivity index (χ2n) is 4.28. The van der Waals surface area contributed by atoms with E-state index in [2.05, 4.69) is 17.4 Å². The lowest BCUT2D eigenvalue weighted by atomic mass is 9.98. The van der Waals surface area contributed by atoms with Crippen LogP contribution in [0.3, 0.4) is 0 Å². The van der Waals surface area contributed by atoms with Gasteiger partial charge in [-0.25, -0.2) is 0 Å². The average Bonchev–Trinajstić information content (AvgIpc) is 2.28. The molecule has 0 spiro atoms. The first kappa shape index (κ1) is 12.9. The molecule has 1 heterocycles. The molecule has 1 saturated heterocycles. The largest absolute Gasteiger partial charge is 0.457 e. The SMILES string of the molecule is Cl.c1ccc(Oc2cccc([C@H]3CCN3)c2)cc1. The van der Waals surface area contributed by atoms with Gasteiger partial charge in [0.05, 0.1) is 0 Å². The molecule has 1 aliphatic heterocycles. The average molecular weight is 262 g/mol. The number of nitrogens with one attached hydrogen (secondary N) is 1. The highest BCUT2D eigenvalue weighted by Crippen LogP contribution is 2.28. The highest BCUT2D eigenvalue weighted by atomic mass is 35.5. The lowest BCUT2D eigenvalue weighted by molar-refractivity contribution is 0.381. The number of ether oxygens (including phenoxy) is 1. The molecule has 1 fully saturated rings. The lowest BCUT2D eigenvalue weighted by Gasteiger charge is -2.28. The summed E-state index contributed by atoms with van der Waals surface area (Å²) >= 11 is 0. The zero-order chi connectivity index (χ0) is 11.5. The molecule has 0 amide bonds. The predicted octanol–water partition coefficient (Wildman–Crippen LogP) is 3.94. The Morgan fingerprint density at radius 3 is 2.33 bits per heavy atom. The van der Waals surface area contributed by atoms with Crippen LogP contribution in [0.15, 0.2) is 54.6 Å². The Morgan fingerprint density at radius 1 is 0.944 bits per heavy atom. The lowest BCUT2D eigenvalue weighted by Crippen LogP contribution is -2.34. The predicted molar refractivity (Wildman–Crippen MR) is 75.6 cm³/mol. The van der Waals surface area contributed by atoms with Gasteiger partial charge in [-0.1, -0.05) is 30.3 Å². The summed E-state index contributed by atoms with van der Waals surface area (Å²) in [4.78, 5) is 0. The number of hydrogen-bond donors (Lipinski definition) is 1. The van der Waals surface area contributed by atoms with Crippen molar-refractivity contribution in [2.24, 2.45) is 0 Å². The first-order chi connectivity index (χ1) is 8.42. The summed E-state index contributed by atoms with van der Waals surface area (Å²) in [5.74, 6) is 1.79. The van der Waals surface area contributed by atoms with Crippen LogP contribution >= 0.6 is 12.4 Å². The van der Waals surface area contributed by atoms with E-state index >= 15 is 0 Å². The third-order valence-corrected chi connectivity index (χ3v) is 3.06. The van der Waals surface area contributed by atoms with Crippen molar-refractivity contribution in [3.63, 3.8) is 0 Å². The summed E-state index contributed by atoms with van der Waals surface area (Å²) in [5.41, 5.74) is 1.31. The normalized spacial score (nSPS) is 17.4. The topological polar surface area (TPSA) is 21.3 Å². The zero-order valence-corrected chi connectivity index (χ0v) is 10.8. The molecule has 0 bridgehead atoms. The Hall–Kier alpha value is -1.51. The molecule has 18 heavy (non-hydrogen) atoms. The van der Waals surface area contributed by atoms with Crippen LogP contribution in [-0.4, -0.2) is 6.54 Å². The molecular weight excluding hydrogens is 246 g/mol. The summed E-state index contributed by atoms with van der Waals surface area (Å²) < 4.78 is 5.81. The van der Waals surface area contributed by atoms with Gasteiger partial charge in [0, 0.05) is 6.04 Å². The van der Waals surface area contributed by atoms with Crippen LogP contribution in [0.1, 0.15) is 18.0 Å². The van der Waals surface area contributed by atoms with Crippen molar-refractivity contribution < 1.29 is 4.74 Å². The highest BCUT2D eigenvalue weighted by molar-refractivity contribution is 5.85. The molecule has 2 aromatic rings. The van der Waals surface area contributed by atoms with Gasteiger partial charge < -0.3 is 10.1 Å². The van der Waals surface area contributed by atoms with Crippen molar-refractivity contribution in [1.82, 2.24) is 5.32 Å². The summed E-state index contributed by atoms with van der Waals surface area (Å²) in [6, 6.07) is 18.7. The molecule has 0 aliphatic carbocycles. The third-order valence-electron chi connectivity index (χ3n) is 3.06. The van der Waals surface area contributed by atoms with E-state index in [1.165, 1.54) is 12.0 Å². The minimum atomic E-state index is 0. The molecule has 0 aromatic heterocycles. The van der Waals surface area contributed by atoms with Gasteiger partial charge in [0.2, 0.25) is 0 Å². The van der Waals surface area contributed by atoms with E-state index in [4.69, 9.17) is 4.74 Å². The maximum absolute atomic E-state index is 5.81. The fraction of sp³-hybridized carbons (Fsp3) is 0.200. The Morgan fingerprint density at radius 2 is 1.67 bits per heavy atom. The van der Waals surface area contributed by atoms with E-state index in [0.29, 0.717) is 6.04 Å². The first-order valence-corrected chi connectivity index (χ1v) is 5.98. The zero-order valence-electron chi connectivity index (χ0n) is 10.0. The van der Waals surface area contributed by atoms with E-state index in [-0.39, 0.29) is 12.4 Å². The number of hydrogen-bond acceptors (Lipinski definition) is 2. The highest BCUT2D eigenvalue weighted by Gasteiger charge is 2.18. The molecule has 2 nitrogen and oxygen atoms in total. The molecule has 0 unspecified atom stereocenters. The van der Waals surface area contributed by atoms with Crippen LogP contribution in [0.2, 0.25) is 0 Å². The Bertz CT molecular complexity index is 497. The Balaban J connectivity index is 0.00000120. The Labute approximate surface area is 113 Å². The van der Waals surface area contributed by atoms with Crippen LogP contribution in [0.4, 0.5) is 0 Å². The number of para-hydroxylation sites is 1. The van der Waals surface area contributed by atoms with Crippen LogP contribution in [0, 0.1) is 0 Å². The molecule has 1 atom stereocenters. The molecule has 0 saturated carbocycles. The monoisotopic (exact) mass is 261 g/mol. The molecule has 1 N–H and O–H groups in total. The number of rotatable bonds is 3.